The molecule has 0 N–H and O–H groups in total. The molecule has 2 aromatic rings. The second-order valence-corrected chi connectivity index (χ2v) is 9.48. The third kappa shape index (κ3) is 3.50. The number of rotatable bonds is 4. The molecule has 0 saturated carbocycles. The number of hydrogen-bond donors (Lipinski definition) is 0. The lowest BCUT2D eigenvalue weighted by atomic mass is 9.72. The van der Waals surface area contributed by atoms with E-state index in [-0.39, 0.29) is 17.6 Å². The Kier molecular flexibility index (Phi) is 4.94. The van der Waals surface area contributed by atoms with Gasteiger partial charge in [0, 0.05) is 10.8 Å². The van der Waals surface area contributed by atoms with Crippen LogP contribution in [0.1, 0.15) is 58.0 Å². The minimum Gasteiger partial charge on any atom is -0.457 e. The van der Waals surface area contributed by atoms with Gasteiger partial charge in [-0.15, -0.1) is 0 Å². The van der Waals surface area contributed by atoms with Gasteiger partial charge in [-0.05, 0) is 42.3 Å². The largest absolute Gasteiger partial charge is 0.457 e. The van der Waals surface area contributed by atoms with E-state index in [0.29, 0.717) is 17.1 Å². The van der Waals surface area contributed by atoms with Crippen molar-refractivity contribution in [1.29, 1.82) is 0 Å². The average Bonchev–Trinajstić information content (AvgIpc) is 2.66. The van der Waals surface area contributed by atoms with E-state index >= 15 is 0 Å². The molecule has 2 fully saturated rings. The molecular formula is C24H27F3O3. The Morgan fingerprint density at radius 1 is 0.733 bits per heavy atom. The molecule has 0 radical (unpaired) electrons. The standard InChI is InChI=1S/C24H27F3O3/c1-14-22(2,3)19(28-14)15-6-10-17(11-7-15)29-18-12-8-16(9-13-18)20-23(4,5)21(30-20)24(25,26)27/h6-14,19-21H,1-5H3. The quantitative estimate of drug-likeness (QED) is 0.533. The molecule has 2 aliphatic rings. The molecule has 0 aromatic heterocycles. The van der Waals surface area contributed by atoms with E-state index in [2.05, 4.69) is 20.8 Å². The zero-order chi connectivity index (χ0) is 21.9. The summed E-state index contributed by atoms with van der Waals surface area (Å²) in [6.45, 7) is 9.64. The number of hydrogen-bond acceptors (Lipinski definition) is 3. The van der Waals surface area contributed by atoms with Crippen LogP contribution in [0.2, 0.25) is 0 Å². The minimum atomic E-state index is -4.35. The van der Waals surface area contributed by atoms with Crippen LogP contribution in [-0.2, 0) is 9.47 Å². The number of halogens is 3. The molecule has 30 heavy (non-hydrogen) atoms. The van der Waals surface area contributed by atoms with Crippen LogP contribution in [0.5, 0.6) is 11.5 Å². The van der Waals surface area contributed by atoms with Gasteiger partial charge in [0.05, 0.1) is 18.3 Å². The predicted molar refractivity (Wildman–Crippen MR) is 107 cm³/mol. The van der Waals surface area contributed by atoms with Gasteiger partial charge in [-0.1, -0.05) is 52.0 Å². The highest BCUT2D eigenvalue weighted by Crippen LogP contribution is 2.56. The Morgan fingerprint density at radius 3 is 1.50 bits per heavy atom. The fraction of sp³-hybridized carbons (Fsp3) is 0.500. The second kappa shape index (κ2) is 6.99. The van der Waals surface area contributed by atoms with Crippen molar-refractivity contribution in [2.45, 2.75) is 65.2 Å². The molecule has 2 heterocycles. The van der Waals surface area contributed by atoms with Crippen LogP contribution < -0.4 is 4.74 Å². The third-order valence-corrected chi connectivity index (χ3v) is 6.59. The fourth-order valence-electron chi connectivity index (χ4n) is 4.32. The molecule has 0 amide bonds. The number of ether oxygens (including phenoxy) is 3. The van der Waals surface area contributed by atoms with Crippen molar-refractivity contribution in [1.82, 2.24) is 0 Å². The monoisotopic (exact) mass is 420 g/mol. The highest BCUT2D eigenvalue weighted by atomic mass is 19.4. The van der Waals surface area contributed by atoms with Crippen molar-refractivity contribution in [3.63, 3.8) is 0 Å². The van der Waals surface area contributed by atoms with Gasteiger partial charge < -0.3 is 14.2 Å². The Morgan fingerprint density at radius 2 is 1.17 bits per heavy atom. The molecule has 0 aliphatic carbocycles. The molecule has 4 unspecified atom stereocenters. The van der Waals surface area contributed by atoms with Crippen molar-refractivity contribution in [3.8, 4) is 11.5 Å². The summed E-state index contributed by atoms with van der Waals surface area (Å²) in [6.07, 6.45) is -6.38. The van der Waals surface area contributed by atoms with Crippen LogP contribution in [-0.4, -0.2) is 18.4 Å². The van der Waals surface area contributed by atoms with Crippen LogP contribution in [0.15, 0.2) is 48.5 Å². The van der Waals surface area contributed by atoms with Gasteiger partial charge in [-0.3, -0.25) is 0 Å². The van der Waals surface area contributed by atoms with Crippen molar-refractivity contribution < 1.29 is 27.4 Å². The van der Waals surface area contributed by atoms with E-state index < -0.39 is 23.8 Å². The van der Waals surface area contributed by atoms with E-state index in [9.17, 15) is 13.2 Å². The summed E-state index contributed by atoms with van der Waals surface area (Å²) in [4.78, 5) is 0. The van der Waals surface area contributed by atoms with Crippen molar-refractivity contribution in [2.75, 3.05) is 0 Å². The Hall–Kier alpha value is -2.05. The van der Waals surface area contributed by atoms with Gasteiger partial charge >= 0.3 is 6.18 Å². The van der Waals surface area contributed by atoms with E-state index in [1.54, 1.807) is 38.1 Å². The van der Waals surface area contributed by atoms with Gasteiger partial charge in [-0.25, -0.2) is 0 Å². The molecular weight excluding hydrogens is 393 g/mol. The van der Waals surface area contributed by atoms with Crippen LogP contribution in [0.4, 0.5) is 13.2 Å². The first-order chi connectivity index (χ1) is 13.9. The van der Waals surface area contributed by atoms with Crippen molar-refractivity contribution >= 4 is 0 Å². The summed E-state index contributed by atoms with van der Waals surface area (Å²) in [7, 11) is 0. The maximum absolute atomic E-state index is 13.0. The van der Waals surface area contributed by atoms with E-state index in [0.717, 1.165) is 5.56 Å². The predicted octanol–water partition coefficient (Wildman–Crippen LogP) is 6.99. The van der Waals surface area contributed by atoms with Crippen LogP contribution in [0.3, 0.4) is 0 Å². The normalized spacial score (nSPS) is 29.6. The van der Waals surface area contributed by atoms with E-state index in [1.165, 1.54) is 0 Å². The van der Waals surface area contributed by atoms with Crippen LogP contribution in [0.25, 0.3) is 0 Å². The van der Waals surface area contributed by atoms with Gasteiger partial charge in [0.25, 0.3) is 0 Å². The average molecular weight is 420 g/mol. The lowest BCUT2D eigenvalue weighted by molar-refractivity contribution is -0.351. The van der Waals surface area contributed by atoms with Crippen LogP contribution >= 0.6 is 0 Å². The van der Waals surface area contributed by atoms with Gasteiger partial charge in [0.15, 0.2) is 6.10 Å². The molecule has 6 heteroatoms. The van der Waals surface area contributed by atoms with Gasteiger partial charge in [0.1, 0.15) is 11.5 Å². The second-order valence-electron chi connectivity index (χ2n) is 9.48. The highest BCUT2D eigenvalue weighted by molar-refractivity contribution is 5.37. The smallest absolute Gasteiger partial charge is 0.415 e. The van der Waals surface area contributed by atoms with Crippen LogP contribution in [0, 0.1) is 10.8 Å². The zero-order valence-corrected chi connectivity index (χ0v) is 17.8. The first kappa shape index (κ1) is 21.2. The topological polar surface area (TPSA) is 27.7 Å². The Labute approximate surface area is 175 Å². The first-order valence-electron chi connectivity index (χ1n) is 10.2. The summed E-state index contributed by atoms with van der Waals surface area (Å²) in [5, 5.41) is 0. The number of alkyl halides is 3. The number of benzene rings is 2. The summed E-state index contributed by atoms with van der Waals surface area (Å²) < 4.78 is 55.9. The lowest BCUT2D eigenvalue weighted by Gasteiger charge is -2.52. The van der Waals surface area contributed by atoms with Gasteiger partial charge in [-0.2, -0.15) is 13.2 Å². The SMILES string of the molecule is CC1OC(c2ccc(Oc3ccc(C4OC(C(F)(F)F)C4(C)C)cc3)cc2)C1(C)C. The molecule has 2 saturated heterocycles. The summed E-state index contributed by atoms with van der Waals surface area (Å²) >= 11 is 0. The molecule has 2 aliphatic heterocycles. The molecule has 0 bridgehead atoms. The molecule has 4 atom stereocenters. The maximum atomic E-state index is 13.0. The molecule has 162 valence electrons. The Bertz CT molecular complexity index is 901. The molecule has 2 aromatic carbocycles. The molecule has 0 spiro atoms. The summed E-state index contributed by atoms with van der Waals surface area (Å²) in [5.41, 5.74) is 0.914. The summed E-state index contributed by atoms with van der Waals surface area (Å²) in [6, 6.07) is 14.8. The van der Waals surface area contributed by atoms with Crippen molar-refractivity contribution in [2.24, 2.45) is 10.8 Å². The summed E-state index contributed by atoms with van der Waals surface area (Å²) in [5.74, 6) is 1.30. The Balaban J connectivity index is 1.40. The van der Waals surface area contributed by atoms with E-state index in [1.807, 2.05) is 24.3 Å². The first-order valence-corrected chi connectivity index (χ1v) is 10.2. The fourth-order valence-corrected chi connectivity index (χ4v) is 4.32. The molecule has 4 rings (SSSR count). The zero-order valence-electron chi connectivity index (χ0n) is 17.8. The maximum Gasteiger partial charge on any atom is 0.415 e. The van der Waals surface area contributed by atoms with E-state index in [4.69, 9.17) is 14.2 Å². The third-order valence-electron chi connectivity index (χ3n) is 6.59. The minimum absolute atomic E-state index is 0.0761. The molecule has 3 nitrogen and oxygen atoms in total. The highest BCUT2D eigenvalue weighted by Gasteiger charge is 2.62. The van der Waals surface area contributed by atoms with Gasteiger partial charge in [0.2, 0.25) is 0 Å². The lowest BCUT2D eigenvalue weighted by Crippen LogP contribution is -2.57. The van der Waals surface area contributed by atoms with Crippen molar-refractivity contribution in [3.05, 3.63) is 59.7 Å².